The van der Waals surface area contributed by atoms with E-state index in [4.69, 9.17) is 0 Å². The summed E-state index contributed by atoms with van der Waals surface area (Å²) < 4.78 is 0. The first-order valence-corrected chi connectivity index (χ1v) is 10.1. The van der Waals surface area contributed by atoms with Gasteiger partial charge in [-0.1, -0.05) is 55.7 Å². The normalized spacial score (nSPS) is 14.3. The molecule has 0 radical (unpaired) electrons. The molecule has 5 heteroatoms. The molecule has 2 N–H and O–H groups in total. The van der Waals surface area contributed by atoms with E-state index in [1.807, 2.05) is 54.4 Å². The van der Waals surface area contributed by atoms with Crippen molar-refractivity contribution in [3.8, 4) is 0 Å². The van der Waals surface area contributed by atoms with E-state index in [0.717, 1.165) is 24.1 Å². The van der Waals surface area contributed by atoms with Gasteiger partial charge < -0.3 is 15.5 Å². The van der Waals surface area contributed by atoms with Crippen molar-refractivity contribution < 1.29 is 9.59 Å². The van der Waals surface area contributed by atoms with Gasteiger partial charge in [0.1, 0.15) is 0 Å². The van der Waals surface area contributed by atoms with Crippen LogP contribution in [0.15, 0.2) is 54.6 Å². The van der Waals surface area contributed by atoms with Crippen molar-refractivity contribution in [1.82, 2.24) is 10.2 Å². The number of rotatable bonds is 7. The van der Waals surface area contributed by atoms with Gasteiger partial charge in [0.15, 0.2) is 0 Å². The van der Waals surface area contributed by atoms with Gasteiger partial charge in [0, 0.05) is 30.9 Å². The van der Waals surface area contributed by atoms with Gasteiger partial charge in [0.2, 0.25) is 5.91 Å². The highest BCUT2D eigenvalue weighted by molar-refractivity contribution is 5.95. The molecule has 2 amide bonds. The molecule has 1 aliphatic rings. The van der Waals surface area contributed by atoms with Gasteiger partial charge in [-0.3, -0.25) is 9.59 Å². The fraction of sp³-hybridized carbons (Fsp3) is 0.391. The van der Waals surface area contributed by atoms with Crippen molar-refractivity contribution in [3.05, 3.63) is 65.7 Å². The third-order valence-electron chi connectivity index (χ3n) is 5.38. The number of nitrogens with one attached hydrogen (secondary N) is 2. The van der Waals surface area contributed by atoms with Gasteiger partial charge in [-0.2, -0.15) is 0 Å². The zero-order valence-electron chi connectivity index (χ0n) is 16.5. The van der Waals surface area contributed by atoms with Crippen molar-refractivity contribution >= 4 is 17.5 Å². The van der Waals surface area contributed by atoms with Crippen molar-refractivity contribution in [2.24, 2.45) is 0 Å². The lowest BCUT2D eigenvalue weighted by molar-refractivity contribution is -0.130. The Bertz CT molecular complexity index is 785. The van der Waals surface area contributed by atoms with E-state index in [-0.39, 0.29) is 18.4 Å². The Morgan fingerprint density at radius 1 is 1.00 bits per heavy atom. The fourth-order valence-corrected chi connectivity index (χ4v) is 3.63. The molecular weight excluding hydrogens is 350 g/mol. The fourth-order valence-electron chi connectivity index (χ4n) is 3.63. The van der Waals surface area contributed by atoms with Crippen LogP contribution in [0, 0.1) is 0 Å². The van der Waals surface area contributed by atoms with Gasteiger partial charge in [0.25, 0.3) is 5.91 Å². The maximum absolute atomic E-state index is 12.5. The predicted octanol–water partition coefficient (Wildman–Crippen LogP) is 3.82. The van der Waals surface area contributed by atoms with Crippen molar-refractivity contribution in [3.63, 3.8) is 0 Å². The summed E-state index contributed by atoms with van der Waals surface area (Å²) in [7, 11) is 1.90. The SMILES string of the molecule is CN(C(=O)CNc1cccc(C(=O)NCc2ccccc2)c1)C1CCCCC1. The van der Waals surface area contributed by atoms with E-state index in [1.54, 1.807) is 12.1 Å². The third kappa shape index (κ3) is 5.59. The molecule has 0 aromatic heterocycles. The lowest BCUT2D eigenvalue weighted by atomic mass is 9.94. The molecule has 0 saturated heterocycles. The number of nitrogens with zero attached hydrogens (tertiary/aromatic N) is 1. The predicted molar refractivity (Wildman–Crippen MR) is 112 cm³/mol. The average Bonchev–Trinajstić information content (AvgIpc) is 2.76. The standard InChI is InChI=1S/C23H29N3O2/c1-26(21-13-6-3-7-14-21)22(27)17-24-20-12-8-11-19(15-20)23(28)25-16-18-9-4-2-5-10-18/h2,4-5,8-12,15,21,24H,3,6-7,13-14,16-17H2,1H3,(H,25,28). The molecule has 28 heavy (non-hydrogen) atoms. The molecule has 1 saturated carbocycles. The summed E-state index contributed by atoms with van der Waals surface area (Å²) in [6, 6.07) is 17.4. The number of carbonyl (C=O) groups excluding carboxylic acids is 2. The van der Waals surface area contributed by atoms with Crippen LogP contribution >= 0.6 is 0 Å². The second-order valence-electron chi connectivity index (χ2n) is 7.40. The maximum atomic E-state index is 12.5. The van der Waals surface area contributed by atoms with Crippen LogP contribution in [0.4, 0.5) is 5.69 Å². The van der Waals surface area contributed by atoms with Crippen molar-refractivity contribution in [2.75, 3.05) is 18.9 Å². The lowest BCUT2D eigenvalue weighted by Crippen LogP contribution is -2.41. The largest absolute Gasteiger partial charge is 0.376 e. The van der Waals surface area contributed by atoms with Gasteiger partial charge in [-0.25, -0.2) is 0 Å². The van der Waals surface area contributed by atoms with Gasteiger partial charge >= 0.3 is 0 Å². The molecule has 0 unspecified atom stereocenters. The quantitative estimate of drug-likeness (QED) is 0.769. The minimum absolute atomic E-state index is 0.0887. The summed E-state index contributed by atoms with van der Waals surface area (Å²) >= 11 is 0. The van der Waals surface area contributed by atoms with E-state index in [1.165, 1.54) is 19.3 Å². The molecule has 148 valence electrons. The minimum Gasteiger partial charge on any atom is -0.376 e. The number of carbonyl (C=O) groups is 2. The molecule has 3 rings (SSSR count). The summed E-state index contributed by atoms with van der Waals surface area (Å²) in [5.41, 5.74) is 2.41. The highest BCUT2D eigenvalue weighted by Crippen LogP contribution is 2.21. The van der Waals surface area contributed by atoms with E-state index in [2.05, 4.69) is 10.6 Å². The molecule has 1 aliphatic carbocycles. The van der Waals surface area contributed by atoms with Gasteiger partial charge in [0.05, 0.1) is 6.54 Å². The topological polar surface area (TPSA) is 61.4 Å². The van der Waals surface area contributed by atoms with Crippen LogP contribution in [0.5, 0.6) is 0 Å². The summed E-state index contributed by atoms with van der Waals surface area (Å²) in [5, 5.41) is 6.09. The first-order valence-electron chi connectivity index (χ1n) is 10.1. The van der Waals surface area contributed by atoms with E-state index >= 15 is 0 Å². The number of hydrogen-bond donors (Lipinski definition) is 2. The summed E-state index contributed by atoms with van der Waals surface area (Å²) in [6.07, 6.45) is 5.88. The van der Waals surface area contributed by atoms with E-state index < -0.39 is 0 Å². The highest BCUT2D eigenvalue weighted by atomic mass is 16.2. The van der Waals surface area contributed by atoms with Crippen LogP contribution in [-0.2, 0) is 11.3 Å². The summed E-state index contributed by atoms with van der Waals surface area (Å²) in [6.45, 7) is 0.726. The van der Waals surface area contributed by atoms with Crippen LogP contribution in [0.25, 0.3) is 0 Å². The van der Waals surface area contributed by atoms with Crippen LogP contribution in [0.3, 0.4) is 0 Å². The number of benzene rings is 2. The molecule has 0 aliphatic heterocycles. The molecule has 2 aromatic carbocycles. The Kier molecular flexibility index (Phi) is 7.06. The van der Waals surface area contributed by atoms with Crippen molar-refractivity contribution in [2.45, 2.75) is 44.7 Å². The zero-order chi connectivity index (χ0) is 19.8. The first-order chi connectivity index (χ1) is 13.6. The Labute approximate surface area is 167 Å². The first kappa shape index (κ1) is 19.9. The highest BCUT2D eigenvalue weighted by Gasteiger charge is 2.21. The molecule has 2 aromatic rings. The Hall–Kier alpha value is -2.82. The molecule has 0 heterocycles. The summed E-state index contributed by atoms with van der Waals surface area (Å²) in [5.74, 6) is -0.0380. The number of amides is 2. The van der Waals surface area contributed by atoms with Gasteiger partial charge in [-0.05, 0) is 36.6 Å². The zero-order valence-corrected chi connectivity index (χ0v) is 16.5. The van der Waals surface area contributed by atoms with Gasteiger partial charge in [-0.15, -0.1) is 0 Å². The molecule has 5 nitrogen and oxygen atoms in total. The second kappa shape index (κ2) is 9.93. The summed E-state index contributed by atoms with van der Waals surface area (Å²) in [4.78, 5) is 26.8. The third-order valence-corrected chi connectivity index (χ3v) is 5.38. The number of anilines is 1. The molecule has 0 atom stereocenters. The Balaban J connectivity index is 1.51. The van der Waals surface area contributed by atoms with E-state index in [9.17, 15) is 9.59 Å². The lowest BCUT2D eigenvalue weighted by Gasteiger charge is -2.31. The minimum atomic E-state index is -0.127. The number of hydrogen-bond acceptors (Lipinski definition) is 3. The Morgan fingerprint density at radius 2 is 1.75 bits per heavy atom. The molecule has 0 spiro atoms. The van der Waals surface area contributed by atoms with E-state index in [0.29, 0.717) is 18.2 Å². The monoisotopic (exact) mass is 379 g/mol. The maximum Gasteiger partial charge on any atom is 0.251 e. The molecular formula is C23H29N3O2. The Morgan fingerprint density at radius 3 is 2.50 bits per heavy atom. The van der Waals surface area contributed by atoms with Crippen LogP contribution in [0.1, 0.15) is 48.0 Å². The molecule has 1 fully saturated rings. The van der Waals surface area contributed by atoms with Crippen LogP contribution < -0.4 is 10.6 Å². The van der Waals surface area contributed by atoms with Crippen LogP contribution in [-0.4, -0.2) is 36.3 Å². The number of likely N-dealkylation sites (N-methyl/N-ethyl adjacent to an activating group) is 1. The molecule has 0 bridgehead atoms. The second-order valence-corrected chi connectivity index (χ2v) is 7.40. The smallest absolute Gasteiger partial charge is 0.251 e. The van der Waals surface area contributed by atoms with Crippen LogP contribution in [0.2, 0.25) is 0 Å². The van der Waals surface area contributed by atoms with Crippen molar-refractivity contribution in [1.29, 1.82) is 0 Å². The average molecular weight is 380 g/mol.